The molecule has 1 aliphatic carbocycles. The number of carbonyl (C=O) groups is 4. The Morgan fingerprint density at radius 2 is 1.43 bits per heavy atom. The van der Waals surface area contributed by atoms with Crippen LogP contribution >= 0.6 is 0 Å². The third-order valence-electron chi connectivity index (χ3n) is 5.74. The van der Waals surface area contributed by atoms with Crippen molar-refractivity contribution in [1.82, 2.24) is 4.90 Å². The van der Waals surface area contributed by atoms with E-state index in [1.807, 2.05) is 0 Å². The number of benzene rings is 2. The molecule has 1 N–H and O–H groups in total. The molecule has 184 valence electrons. The summed E-state index contributed by atoms with van der Waals surface area (Å²) < 4.78 is 46.7. The highest BCUT2D eigenvalue weighted by atomic mass is 19.4. The van der Waals surface area contributed by atoms with Crippen LogP contribution in [0.1, 0.15) is 36.0 Å². The summed E-state index contributed by atoms with van der Waals surface area (Å²) in [6, 6.07) is 8.62. The van der Waals surface area contributed by atoms with Crippen molar-refractivity contribution in [3.8, 4) is 11.5 Å². The van der Waals surface area contributed by atoms with E-state index in [1.54, 1.807) is 12.1 Å². The summed E-state index contributed by atoms with van der Waals surface area (Å²) in [5.74, 6) is -3.17. The molecule has 1 saturated carbocycles. The van der Waals surface area contributed by atoms with Crippen molar-refractivity contribution in [1.29, 1.82) is 0 Å². The lowest BCUT2D eigenvalue weighted by atomic mass is 9.92. The van der Waals surface area contributed by atoms with Crippen LogP contribution in [0.5, 0.6) is 11.5 Å². The van der Waals surface area contributed by atoms with Gasteiger partial charge in [0.1, 0.15) is 11.5 Å². The largest absolute Gasteiger partial charge is 0.573 e. The summed E-state index contributed by atoms with van der Waals surface area (Å²) in [5.41, 5.74) is 0.0797. The van der Waals surface area contributed by atoms with Crippen molar-refractivity contribution >= 4 is 29.5 Å². The molecule has 0 unspecified atom stereocenters. The molecule has 0 radical (unpaired) electrons. The molecule has 2 fully saturated rings. The second kappa shape index (κ2) is 9.28. The van der Waals surface area contributed by atoms with Gasteiger partial charge in [-0.15, -0.1) is 13.2 Å². The van der Waals surface area contributed by atoms with Crippen LogP contribution < -0.4 is 14.4 Å². The topological polar surface area (TPSA) is 113 Å². The number of urea groups is 1. The Morgan fingerprint density at radius 3 is 1.97 bits per heavy atom. The third kappa shape index (κ3) is 5.20. The number of rotatable bonds is 6. The number of imide groups is 2. The molecule has 2 aliphatic rings. The van der Waals surface area contributed by atoms with Crippen LogP contribution in [0, 0.1) is 0 Å². The SMILES string of the molecule is O=C(O)c1ccc(OC2CCC(N3C(=O)C(=O)N(c4ccc(OC(F)(F)F)cc4)C3=O)CC2)cc1. The Hall–Kier alpha value is -4.09. The molecule has 12 heteroatoms. The Kier molecular flexibility index (Phi) is 6.37. The number of carboxylic acids is 1. The molecule has 0 atom stereocenters. The molecule has 4 amide bonds. The van der Waals surface area contributed by atoms with Gasteiger partial charge < -0.3 is 14.6 Å². The lowest BCUT2D eigenvalue weighted by Gasteiger charge is -2.33. The molecular formula is C23H19F3N2O7. The van der Waals surface area contributed by atoms with E-state index in [0.717, 1.165) is 29.2 Å². The van der Waals surface area contributed by atoms with E-state index in [0.29, 0.717) is 36.3 Å². The number of carbonyl (C=O) groups excluding carboxylic acids is 3. The molecule has 2 aromatic carbocycles. The van der Waals surface area contributed by atoms with Gasteiger partial charge in [-0.1, -0.05) is 0 Å². The zero-order valence-electron chi connectivity index (χ0n) is 18.0. The normalized spacial score (nSPS) is 20.8. The molecule has 1 aliphatic heterocycles. The number of alkyl halides is 3. The maximum atomic E-state index is 12.9. The Balaban J connectivity index is 1.38. The van der Waals surface area contributed by atoms with Gasteiger partial charge in [0.05, 0.1) is 17.4 Å². The van der Waals surface area contributed by atoms with Crippen molar-refractivity contribution in [2.24, 2.45) is 0 Å². The fourth-order valence-electron chi connectivity index (χ4n) is 4.12. The van der Waals surface area contributed by atoms with Gasteiger partial charge in [-0.3, -0.25) is 14.5 Å². The number of aromatic carboxylic acids is 1. The van der Waals surface area contributed by atoms with Crippen LogP contribution in [-0.2, 0) is 9.59 Å². The Labute approximate surface area is 196 Å². The fourth-order valence-corrected chi connectivity index (χ4v) is 4.12. The van der Waals surface area contributed by atoms with Crippen LogP contribution in [0.25, 0.3) is 0 Å². The molecule has 9 nitrogen and oxygen atoms in total. The molecular weight excluding hydrogens is 473 g/mol. The number of halogens is 3. The Bertz CT molecular complexity index is 1140. The number of anilines is 1. The molecule has 1 heterocycles. The molecule has 4 rings (SSSR count). The molecule has 35 heavy (non-hydrogen) atoms. The summed E-state index contributed by atoms with van der Waals surface area (Å²) >= 11 is 0. The minimum absolute atomic E-state index is 0.0489. The summed E-state index contributed by atoms with van der Waals surface area (Å²) in [5, 5.41) is 8.96. The predicted octanol–water partition coefficient (Wildman–Crippen LogP) is 3.97. The van der Waals surface area contributed by atoms with E-state index >= 15 is 0 Å². The van der Waals surface area contributed by atoms with Crippen molar-refractivity contribution in [3.63, 3.8) is 0 Å². The summed E-state index contributed by atoms with van der Waals surface area (Å²) in [6.45, 7) is 0. The number of nitrogens with zero attached hydrogens (tertiary/aromatic N) is 2. The number of ether oxygens (including phenoxy) is 2. The maximum Gasteiger partial charge on any atom is 0.573 e. The average molecular weight is 492 g/mol. The minimum atomic E-state index is -4.89. The second-order valence-electron chi connectivity index (χ2n) is 8.02. The van der Waals surface area contributed by atoms with E-state index in [2.05, 4.69) is 4.74 Å². The first-order chi connectivity index (χ1) is 16.5. The van der Waals surface area contributed by atoms with Gasteiger partial charge in [-0.2, -0.15) is 0 Å². The van der Waals surface area contributed by atoms with Crippen molar-refractivity contribution in [2.75, 3.05) is 4.90 Å². The van der Waals surface area contributed by atoms with Crippen LogP contribution in [0.3, 0.4) is 0 Å². The fraction of sp³-hybridized carbons (Fsp3) is 0.304. The maximum absolute atomic E-state index is 12.9. The van der Waals surface area contributed by atoms with Crippen LogP contribution in [0.15, 0.2) is 48.5 Å². The second-order valence-corrected chi connectivity index (χ2v) is 8.02. The number of amides is 4. The highest BCUT2D eigenvalue weighted by Crippen LogP contribution is 2.32. The quantitative estimate of drug-likeness (QED) is 0.480. The van der Waals surface area contributed by atoms with Crippen LogP contribution in [-0.4, -0.2) is 52.3 Å². The zero-order valence-corrected chi connectivity index (χ0v) is 18.0. The first-order valence-corrected chi connectivity index (χ1v) is 10.6. The van der Waals surface area contributed by atoms with E-state index in [4.69, 9.17) is 9.84 Å². The average Bonchev–Trinajstić information content (AvgIpc) is 3.02. The molecule has 1 saturated heterocycles. The highest BCUT2D eigenvalue weighted by Gasteiger charge is 2.49. The van der Waals surface area contributed by atoms with Gasteiger partial charge in [0.15, 0.2) is 0 Å². The number of carboxylic acid groups (broad SMARTS) is 1. The molecule has 0 bridgehead atoms. The monoisotopic (exact) mass is 492 g/mol. The smallest absolute Gasteiger partial charge is 0.490 e. The lowest BCUT2D eigenvalue weighted by Crippen LogP contribution is -2.44. The van der Waals surface area contributed by atoms with Crippen molar-refractivity contribution < 1.29 is 46.9 Å². The van der Waals surface area contributed by atoms with Crippen LogP contribution in [0.2, 0.25) is 0 Å². The minimum Gasteiger partial charge on any atom is -0.490 e. The zero-order chi connectivity index (χ0) is 25.3. The molecule has 2 aromatic rings. The lowest BCUT2D eigenvalue weighted by molar-refractivity contribution is -0.274. The van der Waals surface area contributed by atoms with Gasteiger partial charge in [0, 0.05) is 6.04 Å². The first-order valence-electron chi connectivity index (χ1n) is 10.6. The van der Waals surface area contributed by atoms with Gasteiger partial charge in [0.2, 0.25) is 0 Å². The third-order valence-corrected chi connectivity index (χ3v) is 5.74. The number of hydrogen-bond donors (Lipinski definition) is 1. The van der Waals surface area contributed by atoms with E-state index in [-0.39, 0.29) is 17.4 Å². The van der Waals surface area contributed by atoms with Gasteiger partial charge in [-0.05, 0) is 74.2 Å². The van der Waals surface area contributed by atoms with Gasteiger partial charge in [-0.25, -0.2) is 14.5 Å². The Morgan fingerprint density at radius 1 is 0.857 bits per heavy atom. The molecule has 0 aromatic heterocycles. The summed E-state index contributed by atoms with van der Waals surface area (Å²) in [4.78, 5) is 50.5. The standard InChI is InChI=1S/C23H19F3N2O7/c24-23(25,26)35-18-11-5-15(6-12-18)28-20(30)19(29)27(22(28)33)14-3-9-17(10-4-14)34-16-7-1-13(2-8-16)21(31)32/h1-2,5-8,11-12,14,17H,3-4,9-10H2,(H,31,32). The van der Waals surface area contributed by atoms with E-state index in [1.165, 1.54) is 12.1 Å². The number of hydrogen-bond acceptors (Lipinski definition) is 6. The van der Waals surface area contributed by atoms with Gasteiger partial charge >= 0.3 is 30.2 Å². The van der Waals surface area contributed by atoms with E-state index in [9.17, 15) is 32.3 Å². The summed E-state index contributed by atoms with van der Waals surface area (Å²) in [7, 11) is 0. The van der Waals surface area contributed by atoms with Crippen molar-refractivity contribution in [2.45, 2.75) is 44.2 Å². The van der Waals surface area contributed by atoms with Crippen molar-refractivity contribution in [3.05, 3.63) is 54.1 Å². The van der Waals surface area contributed by atoms with Crippen LogP contribution in [0.4, 0.5) is 23.7 Å². The van der Waals surface area contributed by atoms with Gasteiger partial charge in [0.25, 0.3) is 0 Å². The first kappa shape index (κ1) is 24.0. The molecule has 0 spiro atoms. The van der Waals surface area contributed by atoms with E-state index < -0.39 is 42.0 Å². The predicted molar refractivity (Wildman–Crippen MR) is 113 cm³/mol. The highest BCUT2D eigenvalue weighted by molar-refractivity contribution is 6.52. The summed E-state index contributed by atoms with van der Waals surface area (Å²) in [6.07, 6.45) is -3.37.